The number of rotatable bonds is 7. The Balaban J connectivity index is 1.63. The lowest BCUT2D eigenvalue weighted by atomic mass is 10.1. The first-order chi connectivity index (χ1) is 17.8. The van der Waals surface area contributed by atoms with Crippen molar-refractivity contribution in [3.63, 3.8) is 0 Å². The number of anilines is 1. The highest BCUT2D eigenvalue weighted by Crippen LogP contribution is 2.35. The molecule has 1 unspecified atom stereocenters. The number of ketones is 1. The molecule has 0 aromatic carbocycles. The van der Waals surface area contributed by atoms with E-state index in [0.29, 0.717) is 0 Å². The summed E-state index contributed by atoms with van der Waals surface area (Å²) in [7, 11) is 1.40. The van der Waals surface area contributed by atoms with E-state index in [2.05, 4.69) is 20.3 Å². The Bertz CT molecular complexity index is 1680. The third kappa shape index (κ3) is 4.88. The minimum absolute atomic E-state index is 0.0389. The lowest BCUT2D eigenvalue weighted by molar-refractivity contribution is -0.138. The number of thiazole rings is 1. The summed E-state index contributed by atoms with van der Waals surface area (Å²) < 4.78 is 43.0. The first-order valence-electron chi connectivity index (χ1n) is 11.3. The van der Waals surface area contributed by atoms with Crippen molar-refractivity contribution in [2.24, 2.45) is 7.05 Å². The molecule has 0 fully saturated rings. The highest BCUT2D eigenvalue weighted by molar-refractivity contribution is 7.13. The maximum atomic E-state index is 13.3. The largest absolute Gasteiger partial charge is 0.418 e. The van der Waals surface area contributed by atoms with Crippen LogP contribution in [0.2, 0.25) is 0 Å². The van der Waals surface area contributed by atoms with Crippen LogP contribution in [0.1, 0.15) is 37.6 Å². The molecule has 0 aliphatic rings. The number of alkyl halides is 3. The number of hydrogen-bond donors (Lipinski definition) is 1. The number of amides is 1. The van der Waals surface area contributed by atoms with E-state index < -0.39 is 41.5 Å². The standard InChI is InChI=1S/C23H22F3N7O4S/c1-5-14(34)8-32-21(36)17-18(31(4)22(32)37)28-10-33(17)12(3)19(35)29-16-9-38-20(30-16)13-6-15(23(24,25)26)11(2)27-7-13/h6-7,9-10,12H,5,8H2,1-4H3,(H,29,35). The lowest BCUT2D eigenvalue weighted by Crippen LogP contribution is -2.41. The maximum absolute atomic E-state index is 13.3. The van der Waals surface area contributed by atoms with E-state index in [0.717, 1.165) is 26.5 Å². The van der Waals surface area contributed by atoms with Gasteiger partial charge in [-0.3, -0.25) is 28.5 Å². The Morgan fingerprint density at radius 3 is 2.58 bits per heavy atom. The summed E-state index contributed by atoms with van der Waals surface area (Å²) in [6.45, 7) is 3.96. The number of pyridine rings is 1. The molecule has 4 aromatic rings. The van der Waals surface area contributed by atoms with Crippen LogP contribution in [0.15, 0.2) is 33.6 Å². The van der Waals surface area contributed by atoms with Crippen molar-refractivity contribution in [1.82, 2.24) is 28.7 Å². The van der Waals surface area contributed by atoms with Crippen LogP contribution >= 0.6 is 11.3 Å². The number of imidazole rings is 1. The number of carbonyl (C=O) groups is 2. The number of fused-ring (bicyclic) bond motifs is 1. The molecule has 1 N–H and O–H groups in total. The predicted molar refractivity (Wildman–Crippen MR) is 133 cm³/mol. The van der Waals surface area contributed by atoms with E-state index in [1.54, 1.807) is 6.92 Å². The first-order valence-corrected chi connectivity index (χ1v) is 12.2. The van der Waals surface area contributed by atoms with Gasteiger partial charge in [-0.05, 0) is 19.9 Å². The van der Waals surface area contributed by atoms with E-state index in [1.807, 2.05) is 0 Å². The molecule has 0 saturated heterocycles. The Morgan fingerprint density at radius 1 is 1.21 bits per heavy atom. The Morgan fingerprint density at radius 2 is 1.92 bits per heavy atom. The molecule has 38 heavy (non-hydrogen) atoms. The van der Waals surface area contributed by atoms with Gasteiger partial charge >= 0.3 is 11.9 Å². The van der Waals surface area contributed by atoms with Crippen LogP contribution in [-0.2, 0) is 29.4 Å². The highest BCUT2D eigenvalue weighted by atomic mass is 32.1. The van der Waals surface area contributed by atoms with E-state index in [4.69, 9.17) is 0 Å². The maximum Gasteiger partial charge on any atom is 0.418 e. The van der Waals surface area contributed by atoms with Crippen LogP contribution < -0.4 is 16.6 Å². The molecule has 1 amide bonds. The van der Waals surface area contributed by atoms with E-state index in [9.17, 15) is 32.3 Å². The molecule has 0 saturated carbocycles. The molecule has 4 aromatic heterocycles. The van der Waals surface area contributed by atoms with Crippen LogP contribution in [0.3, 0.4) is 0 Å². The highest BCUT2D eigenvalue weighted by Gasteiger charge is 2.33. The predicted octanol–water partition coefficient (Wildman–Crippen LogP) is 2.92. The normalized spacial score (nSPS) is 12.6. The number of carbonyl (C=O) groups excluding carboxylic acids is 2. The molecule has 0 spiro atoms. The van der Waals surface area contributed by atoms with Crippen molar-refractivity contribution in [1.29, 1.82) is 0 Å². The summed E-state index contributed by atoms with van der Waals surface area (Å²) in [4.78, 5) is 62.8. The third-order valence-corrected chi connectivity index (χ3v) is 6.87. The van der Waals surface area contributed by atoms with Crippen LogP contribution in [0.25, 0.3) is 21.7 Å². The average molecular weight is 550 g/mol. The van der Waals surface area contributed by atoms with Crippen LogP contribution in [-0.4, -0.2) is 40.3 Å². The number of halogens is 3. The zero-order valence-corrected chi connectivity index (χ0v) is 21.5. The Labute approximate surface area is 216 Å². The number of nitrogens with zero attached hydrogens (tertiary/aromatic N) is 6. The molecule has 0 aliphatic carbocycles. The molecule has 1 atom stereocenters. The Kier molecular flexibility index (Phi) is 7.06. The van der Waals surface area contributed by atoms with E-state index >= 15 is 0 Å². The van der Waals surface area contributed by atoms with Crippen LogP contribution in [0.4, 0.5) is 19.0 Å². The molecule has 200 valence electrons. The van der Waals surface area contributed by atoms with Gasteiger partial charge in [0, 0.05) is 36.3 Å². The quantitative estimate of drug-likeness (QED) is 0.375. The topological polar surface area (TPSA) is 134 Å². The molecular formula is C23H22F3N7O4S. The average Bonchev–Trinajstić information content (AvgIpc) is 3.52. The van der Waals surface area contributed by atoms with Crippen molar-refractivity contribution in [2.45, 2.75) is 46.0 Å². The second-order valence-corrected chi connectivity index (χ2v) is 9.37. The summed E-state index contributed by atoms with van der Waals surface area (Å²) in [6.07, 6.45) is -1.92. The van der Waals surface area contributed by atoms with E-state index in [-0.39, 0.29) is 45.5 Å². The summed E-state index contributed by atoms with van der Waals surface area (Å²) in [5.41, 5.74) is -2.36. The van der Waals surface area contributed by atoms with E-state index in [1.165, 1.54) is 43.4 Å². The van der Waals surface area contributed by atoms with Crippen molar-refractivity contribution < 1.29 is 22.8 Å². The third-order valence-electron chi connectivity index (χ3n) is 5.98. The first kappa shape index (κ1) is 26.9. The summed E-state index contributed by atoms with van der Waals surface area (Å²) >= 11 is 1.02. The summed E-state index contributed by atoms with van der Waals surface area (Å²) in [6, 6.07) is -0.0467. The fourth-order valence-electron chi connectivity index (χ4n) is 3.77. The SMILES string of the molecule is CCC(=O)Cn1c(=O)c2c(ncn2C(C)C(=O)Nc2csc(-c3cnc(C)c(C(F)(F)F)c3)n2)n(C)c1=O. The number of Topliss-reactive ketones (excluding diaryl/α,β-unsaturated/α-hetero) is 1. The van der Waals surface area contributed by atoms with Gasteiger partial charge in [0.25, 0.3) is 5.56 Å². The lowest BCUT2D eigenvalue weighted by Gasteiger charge is -2.14. The van der Waals surface area contributed by atoms with Gasteiger partial charge < -0.3 is 9.88 Å². The van der Waals surface area contributed by atoms with Crippen molar-refractivity contribution in [2.75, 3.05) is 5.32 Å². The monoisotopic (exact) mass is 549 g/mol. The van der Waals surface area contributed by atoms with Gasteiger partial charge in [-0.15, -0.1) is 11.3 Å². The van der Waals surface area contributed by atoms with Gasteiger partial charge in [-0.25, -0.2) is 14.8 Å². The zero-order valence-electron chi connectivity index (χ0n) is 20.7. The minimum atomic E-state index is -4.57. The fraction of sp³-hybridized carbons (Fsp3) is 0.348. The molecule has 11 nitrogen and oxygen atoms in total. The molecule has 0 aliphatic heterocycles. The number of hydrogen-bond acceptors (Lipinski definition) is 8. The van der Waals surface area contributed by atoms with Gasteiger partial charge in [0.2, 0.25) is 5.91 Å². The fourth-order valence-corrected chi connectivity index (χ4v) is 4.50. The second-order valence-electron chi connectivity index (χ2n) is 8.51. The number of nitrogens with one attached hydrogen (secondary N) is 1. The van der Waals surface area contributed by atoms with Crippen molar-refractivity contribution >= 4 is 40.0 Å². The van der Waals surface area contributed by atoms with Gasteiger partial charge in [-0.1, -0.05) is 6.92 Å². The van der Waals surface area contributed by atoms with Crippen LogP contribution in [0, 0.1) is 6.92 Å². The number of aromatic nitrogens is 6. The molecule has 4 rings (SSSR count). The van der Waals surface area contributed by atoms with Crippen LogP contribution in [0.5, 0.6) is 0 Å². The molecule has 0 bridgehead atoms. The smallest absolute Gasteiger partial charge is 0.312 e. The molecule has 4 heterocycles. The summed E-state index contributed by atoms with van der Waals surface area (Å²) in [5.74, 6) is -0.812. The van der Waals surface area contributed by atoms with Gasteiger partial charge in [0.15, 0.2) is 16.9 Å². The molecular weight excluding hydrogens is 527 g/mol. The van der Waals surface area contributed by atoms with Gasteiger partial charge in [0.05, 0.1) is 18.4 Å². The van der Waals surface area contributed by atoms with Crippen molar-refractivity contribution in [3.8, 4) is 10.6 Å². The van der Waals surface area contributed by atoms with Gasteiger partial charge in [0.1, 0.15) is 16.9 Å². The minimum Gasteiger partial charge on any atom is -0.312 e. The summed E-state index contributed by atoms with van der Waals surface area (Å²) in [5, 5.41) is 4.26. The van der Waals surface area contributed by atoms with Crippen molar-refractivity contribution in [3.05, 3.63) is 56.1 Å². The van der Waals surface area contributed by atoms with Gasteiger partial charge in [-0.2, -0.15) is 13.2 Å². The molecule has 0 radical (unpaired) electrons. The Hall–Kier alpha value is -4.14. The zero-order chi connectivity index (χ0) is 27.9. The second kappa shape index (κ2) is 9.96. The number of aryl methyl sites for hydroxylation is 2. The molecule has 15 heteroatoms.